The number of aliphatic carboxylic acids is 1. The van der Waals surface area contributed by atoms with Crippen LogP contribution in [0.1, 0.15) is 24.8 Å². The molecule has 0 amide bonds. The van der Waals surface area contributed by atoms with Crippen molar-refractivity contribution in [1.29, 1.82) is 0 Å². The highest BCUT2D eigenvalue weighted by Crippen LogP contribution is 2.41. The normalized spacial score (nSPS) is 20.0. The number of carboxylic acids is 1. The summed E-state index contributed by atoms with van der Waals surface area (Å²) >= 11 is 6.10. The Bertz CT molecular complexity index is 417. The van der Waals surface area contributed by atoms with Gasteiger partial charge in [-0.25, -0.2) is 0 Å². The van der Waals surface area contributed by atoms with Gasteiger partial charge in [0.25, 0.3) is 0 Å². The van der Waals surface area contributed by atoms with Crippen LogP contribution in [0.5, 0.6) is 5.75 Å². The SMILES string of the molecule is CC(CC1COc2cccc(Cl)c21)C(=O)O. The molecule has 1 aromatic rings. The number of carbonyl (C=O) groups is 1. The second-order valence-corrected chi connectivity index (χ2v) is 4.54. The molecule has 1 aliphatic heterocycles. The average molecular weight is 241 g/mol. The molecular formula is C12H13ClO3. The Kier molecular flexibility index (Phi) is 3.06. The maximum atomic E-state index is 10.8. The molecule has 0 spiro atoms. The second-order valence-electron chi connectivity index (χ2n) is 4.13. The van der Waals surface area contributed by atoms with E-state index in [0.29, 0.717) is 18.1 Å². The highest BCUT2D eigenvalue weighted by molar-refractivity contribution is 6.31. The van der Waals surface area contributed by atoms with Crippen LogP contribution in [0.25, 0.3) is 0 Å². The summed E-state index contributed by atoms with van der Waals surface area (Å²) in [6.07, 6.45) is 0.562. The van der Waals surface area contributed by atoms with E-state index in [1.807, 2.05) is 18.2 Å². The van der Waals surface area contributed by atoms with Crippen molar-refractivity contribution in [3.63, 3.8) is 0 Å². The summed E-state index contributed by atoms with van der Waals surface area (Å²) in [5.74, 6) is -0.277. The third kappa shape index (κ3) is 2.00. The van der Waals surface area contributed by atoms with Gasteiger partial charge in [0.15, 0.2) is 0 Å². The number of carboxylic acid groups (broad SMARTS) is 1. The zero-order valence-electron chi connectivity index (χ0n) is 8.94. The van der Waals surface area contributed by atoms with Crippen molar-refractivity contribution >= 4 is 17.6 Å². The van der Waals surface area contributed by atoms with Gasteiger partial charge in [0.05, 0.1) is 12.5 Å². The Morgan fingerprint density at radius 2 is 2.44 bits per heavy atom. The van der Waals surface area contributed by atoms with Crippen molar-refractivity contribution in [2.75, 3.05) is 6.61 Å². The molecule has 0 fully saturated rings. The molecule has 1 heterocycles. The van der Waals surface area contributed by atoms with Crippen LogP contribution in [0.4, 0.5) is 0 Å². The first-order chi connectivity index (χ1) is 7.59. The Hall–Kier alpha value is -1.22. The van der Waals surface area contributed by atoms with Crippen molar-refractivity contribution in [3.05, 3.63) is 28.8 Å². The molecule has 16 heavy (non-hydrogen) atoms. The summed E-state index contributed by atoms with van der Waals surface area (Å²) in [4.78, 5) is 10.8. The largest absolute Gasteiger partial charge is 0.493 e. The molecule has 2 atom stereocenters. The fourth-order valence-electron chi connectivity index (χ4n) is 2.03. The quantitative estimate of drug-likeness (QED) is 0.884. The van der Waals surface area contributed by atoms with Crippen LogP contribution in [0.15, 0.2) is 18.2 Å². The van der Waals surface area contributed by atoms with Gasteiger partial charge in [-0.3, -0.25) is 4.79 Å². The molecule has 0 aromatic heterocycles. The number of fused-ring (bicyclic) bond motifs is 1. The van der Waals surface area contributed by atoms with E-state index in [0.717, 1.165) is 11.3 Å². The molecule has 86 valence electrons. The van der Waals surface area contributed by atoms with Gasteiger partial charge in [-0.15, -0.1) is 0 Å². The number of halogens is 1. The summed E-state index contributed by atoms with van der Waals surface area (Å²) in [5, 5.41) is 9.55. The van der Waals surface area contributed by atoms with Crippen molar-refractivity contribution in [2.45, 2.75) is 19.3 Å². The first-order valence-corrected chi connectivity index (χ1v) is 5.61. The van der Waals surface area contributed by atoms with Crippen molar-refractivity contribution in [3.8, 4) is 5.75 Å². The van der Waals surface area contributed by atoms with Gasteiger partial charge in [0, 0.05) is 16.5 Å². The van der Waals surface area contributed by atoms with E-state index in [2.05, 4.69) is 0 Å². The van der Waals surface area contributed by atoms with E-state index in [-0.39, 0.29) is 11.8 Å². The first kappa shape index (κ1) is 11.3. The van der Waals surface area contributed by atoms with Gasteiger partial charge in [-0.1, -0.05) is 24.6 Å². The third-order valence-electron chi connectivity index (χ3n) is 2.92. The summed E-state index contributed by atoms with van der Waals surface area (Å²) < 4.78 is 5.50. The molecule has 1 N–H and O–H groups in total. The Balaban J connectivity index is 2.20. The number of hydrogen-bond acceptors (Lipinski definition) is 2. The predicted octanol–water partition coefficient (Wildman–Crippen LogP) is 2.93. The lowest BCUT2D eigenvalue weighted by atomic mass is 9.91. The van der Waals surface area contributed by atoms with Crippen LogP contribution >= 0.6 is 11.6 Å². The highest BCUT2D eigenvalue weighted by atomic mass is 35.5. The van der Waals surface area contributed by atoms with Crippen LogP contribution in [-0.2, 0) is 4.79 Å². The maximum Gasteiger partial charge on any atom is 0.306 e. The van der Waals surface area contributed by atoms with E-state index >= 15 is 0 Å². The van der Waals surface area contributed by atoms with Crippen molar-refractivity contribution < 1.29 is 14.6 Å². The topological polar surface area (TPSA) is 46.5 Å². The molecule has 1 aliphatic rings. The Morgan fingerprint density at radius 1 is 1.69 bits per heavy atom. The molecule has 0 radical (unpaired) electrons. The van der Waals surface area contributed by atoms with E-state index in [9.17, 15) is 4.79 Å². The fourth-order valence-corrected chi connectivity index (χ4v) is 2.35. The summed E-state index contributed by atoms with van der Waals surface area (Å²) in [5.41, 5.74) is 0.956. The summed E-state index contributed by atoms with van der Waals surface area (Å²) in [6, 6.07) is 5.52. The van der Waals surface area contributed by atoms with Gasteiger partial charge < -0.3 is 9.84 Å². The van der Waals surface area contributed by atoms with E-state index in [1.165, 1.54) is 0 Å². The highest BCUT2D eigenvalue weighted by Gasteiger charge is 2.29. The third-order valence-corrected chi connectivity index (χ3v) is 3.25. The molecular weight excluding hydrogens is 228 g/mol. The molecule has 1 aromatic carbocycles. The predicted molar refractivity (Wildman–Crippen MR) is 61.1 cm³/mol. The van der Waals surface area contributed by atoms with Crippen LogP contribution < -0.4 is 4.74 Å². The van der Waals surface area contributed by atoms with Gasteiger partial charge in [0.1, 0.15) is 5.75 Å². The van der Waals surface area contributed by atoms with Gasteiger partial charge in [-0.2, -0.15) is 0 Å². The summed E-state index contributed by atoms with van der Waals surface area (Å²) in [6.45, 7) is 2.23. The summed E-state index contributed by atoms with van der Waals surface area (Å²) in [7, 11) is 0. The van der Waals surface area contributed by atoms with E-state index < -0.39 is 5.97 Å². The zero-order valence-corrected chi connectivity index (χ0v) is 9.70. The molecule has 2 rings (SSSR count). The minimum Gasteiger partial charge on any atom is -0.493 e. The molecule has 0 saturated carbocycles. The van der Waals surface area contributed by atoms with Crippen molar-refractivity contribution in [1.82, 2.24) is 0 Å². The van der Waals surface area contributed by atoms with E-state index in [1.54, 1.807) is 6.92 Å². The average Bonchev–Trinajstić information content (AvgIpc) is 2.63. The maximum absolute atomic E-state index is 10.8. The molecule has 0 bridgehead atoms. The molecule has 2 unspecified atom stereocenters. The first-order valence-electron chi connectivity index (χ1n) is 5.23. The molecule has 0 aliphatic carbocycles. The van der Waals surface area contributed by atoms with Crippen LogP contribution in [-0.4, -0.2) is 17.7 Å². The van der Waals surface area contributed by atoms with Crippen LogP contribution in [0.2, 0.25) is 5.02 Å². The molecule has 3 nitrogen and oxygen atoms in total. The molecule has 0 saturated heterocycles. The van der Waals surface area contributed by atoms with E-state index in [4.69, 9.17) is 21.4 Å². The van der Waals surface area contributed by atoms with Crippen LogP contribution in [0, 0.1) is 5.92 Å². The lowest BCUT2D eigenvalue weighted by Crippen LogP contribution is -2.14. The molecule has 4 heteroatoms. The Morgan fingerprint density at radius 3 is 3.12 bits per heavy atom. The number of rotatable bonds is 3. The number of hydrogen-bond donors (Lipinski definition) is 1. The standard InChI is InChI=1S/C12H13ClO3/c1-7(12(14)15)5-8-6-16-10-4-2-3-9(13)11(8)10/h2-4,7-8H,5-6H2,1H3,(H,14,15). The minimum absolute atomic E-state index is 0.0924. The smallest absolute Gasteiger partial charge is 0.306 e. The second kappa shape index (κ2) is 4.34. The van der Waals surface area contributed by atoms with Gasteiger partial charge in [-0.05, 0) is 18.6 Å². The number of benzene rings is 1. The minimum atomic E-state index is -0.777. The Labute approximate surface area is 99.0 Å². The monoisotopic (exact) mass is 240 g/mol. The fraction of sp³-hybridized carbons (Fsp3) is 0.417. The zero-order chi connectivity index (χ0) is 11.7. The lowest BCUT2D eigenvalue weighted by molar-refractivity contribution is -0.141. The van der Waals surface area contributed by atoms with Crippen molar-refractivity contribution in [2.24, 2.45) is 5.92 Å². The van der Waals surface area contributed by atoms with Gasteiger partial charge >= 0.3 is 5.97 Å². The number of ether oxygens (including phenoxy) is 1. The van der Waals surface area contributed by atoms with Gasteiger partial charge in [0.2, 0.25) is 0 Å². The van der Waals surface area contributed by atoms with Crippen LogP contribution in [0.3, 0.4) is 0 Å². The lowest BCUT2D eigenvalue weighted by Gasteiger charge is -2.12.